The lowest BCUT2D eigenvalue weighted by atomic mass is 9.82. The first-order valence-electron chi connectivity index (χ1n) is 7.49. The summed E-state index contributed by atoms with van der Waals surface area (Å²) in [5, 5.41) is 7.25. The molecule has 0 aromatic heterocycles. The molecule has 3 rings (SSSR count). The first kappa shape index (κ1) is 13.2. The number of thiocarbonyl (C=S) groups is 1. The zero-order chi connectivity index (χ0) is 13.4. The number of hydrogen-bond donors (Lipinski definition) is 2. The van der Waals surface area contributed by atoms with Gasteiger partial charge < -0.3 is 15.5 Å². The molecule has 2 heterocycles. The summed E-state index contributed by atoms with van der Waals surface area (Å²) in [4.78, 5) is 14.3. The second-order valence-corrected chi connectivity index (χ2v) is 6.54. The van der Waals surface area contributed by atoms with Crippen LogP contribution in [0.25, 0.3) is 0 Å². The number of piperidine rings is 2. The molecular weight excluding hydrogens is 258 g/mol. The van der Waals surface area contributed by atoms with E-state index in [2.05, 4.69) is 15.5 Å². The van der Waals surface area contributed by atoms with Crippen LogP contribution < -0.4 is 10.6 Å². The van der Waals surface area contributed by atoms with Gasteiger partial charge in [0.1, 0.15) is 0 Å². The lowest BCUT2D eigenvalue weighted by Crippen LogP contribution is -2.60. The Morgan fingerprint density at radius 1 is 1.16 bits per heavy atom. The van der Waals surface area contributed by atoms with E-state index in [0.29, 0.717) is 24.0 Å². The third-order valence-corrected chi connectivity index (χ3v) is 5.13. The first-order chi connectivity index (χ1) is 9.19. The fourth-order valence-corrected chi connectivity index (χ4v) is 3.92. The Morgan fingerprint density at radius 2 is 1.79 bits per heavy atom. The maximum Gasteiger partial charge on any atom is 0.223 e. The van der Waals surface area contributed by atoms with Crippen molar-refractivity contribution in [2.45, 2.75) is 63.1 Å². The molecule has 2 N–H and O–H groups in total. The summed E-state index contributed by atoms with van der Waals surface area (Å²) in [5.74, 6) is 0.601. The summed E-state index contributed by atoms with van der Waals surface area (Å²) in [6, 6.07) is 1.38. The molecule has 1 saturated carbocycles. The standard InChI is InChI=1S/C14H23N3OS/c1-15-14(19)17-11-3-2-4-12(17)8-10(7-11)16-13(18)9-5-6-9/h9-12H,2-8H2,1H3,(H,15,19)(H,16,18). The summed E-state index contributed by atoms with van der Waals surface area (Å²) in [5.41, 5.74) is 0. The molecular formula is C14H23N3OS. The number of nitrogens with zero attached hydrogens (tertiary/aromatic N) is 1. The van der Waals surface area contributed by atoms with Crippen LogP contribution in [-0.4, -0.2) is 41.1 Å². The average molecular weight is 281 g/mol. The van der Waals surface area contributed by atoms with Gasteiger partial charge >= 0.3 is 0 Å². The molecule has 0 aromatic carbocycles. The minimum absolute atomic E-state index is 0.285. The number of fused-ring (bicyclic) bond motifs is 2. The highest BCUT2D eigenvalue weighted by molar-refractivity contribution is 7.80. The van der Waals surface area contributed by atoms with Crippen molar-refractivity contribution in [3.8, 4) is 0 Å². The van der Waals surface area contributed by atoms with Gasteiger partial charge in [0.25, 0.3) is 0 Å². The Labute approximate surface area is 120 Å². The van der Waals surface area contributed by atoms with Crippen LogP contribution in [0.1, 0.15) is 44.9 Å². The highest BCUT2D eigenvalue weighted by Gasteiger charge is 2.40. The lowest BCUT2D eigenvalue weighted by molar-refractivity contribution is -0.123. The normalized spacial score (nSPS) is 33.7. The lowest BCUT2D eigenvalue weighted by Gasteiger charge is -2.50. The van der Waals surface area contributed by atoms with Crippen LogP contribution in [0.3, 0.4) is 0 Å². The van der Waals surface area contributed by atoms with E-state index in [4.69, 9.17) is 12.2 Å². The molecule has 106 valence electrons. The molecule has 2 aliphatic heterocycles. The molecule has 2 unspecified atom stereocenters. The van der Waals surface area contributed by atoms with Crippen molar-refractivity contribution in [2.75, 3.05) is 7.05 Å². The van der Waals surface area contributed by atoms with Crippen molar-refractivity contribution >= 4 is 23.2 Å². The topological polar surface area (TPSA) is 44.4 Å². The zero-order valence-corrected chi connectivity index (χ0v) is 12.3. The maximum absolute atomic E-state index is 11.9. The van der Waals surface area contributed by atoms with Gasteiger partial charge in [-0.1, -0.05) is 0 Å². The Morgan fingerprint density at radius 3 is 2.32 bits per heavy atom. The molecule has 2 bridgehead atoms. The van der Waals surface area contributed by atoms with Crippen LogP contribution in [0.5, 0.6) is 0 Å². The first-order valence-corrected chi connectivity index (χ1v) is 7.90. The van der Waals surface area contributed by atoms with Crippen molar-refractivity contribution in [3.05, 3.63) is 0 Å². The molecule has 19 heavy (non-hydrogen) atoms. The van der Waals surface area contributed by atoms with Gasteiger partial charge in [0.15, 0.2) is 5.11 Å². The van der Waals surface area contributed by atoms with Crippen molar-refractivity contribution in [3.63, 3.8) is 0 Å². The van der Waals surface area contributed by atoms with E-state index in [9.17, 15) is 4.79 Å². The van der Waals surface area contributed by atoms with Gasteiger partial charge in [-0.05, 0) is 57.2 Å². The van der Waals surface area contributed by atoms with E-state index in [1.807, 2.05) is 7.05 Å². The molecule has 3 fully saturated rings. The highest BCUT2D eigenvalue weighted by Crippen LogP contribution is 2.35. The van der Waals surface area contributed by atoms with Crippen LogP contribution >= 0.6 is 12.2 Å². The van der Waals surface area contributed by atoms with Gasteiger partial charge in [-0.15, -0.1) is 0 Å². The number of carbonyl (C=O) groups is 1. The van der Waals surface area contributed by atoms with Crippen LogP contribution in [0.4, 0.5) is 0 Å². The van der Waals surface area contributed by atoms with Gasteiger partial charge in [0, 0.05) is 31.1 Å². The van der Waals surface area contributed by atoms with Crippen molar-refractivity contribution in [2.24, 2.45) is 5.92 Å². The number of rotatable bonds is 2. The predicted molar refractivity (Wildman–Crippen MR) is 78.8 cm³/mol. The number of carbonyl (C=O) groups excluding carboxylic acids is 1. The van der Waals surface area contributed by atoms with Crippen molar-refractivity contribution in [1.82, 2.24) is 15.5 Å². The summed E-state index contributed by atoms with van der Waals surface area (Å²) in [7, 11) is 1.90. The SMILES string of the molecule is CNC(=S)N1C2CCCC1CC(NC(=O)C1CC1)C2. The minimum Gasteiger partial charge on any atom is -0.366 e. The second-order valence-electron chi connectivity index (χ2n) is 6.15. The van der Waals surface area contributed by atoms with Crippen LogP contribution in [0.2, 0.25) is 0 Å². The van der Waals surface area contributed by atoms with Crippen molar-refractivity contribution in [1.29, 1.82) is 0 Å². The fraction of sp³-hybridized carbons (Fsp3) is 0.857. The number of hydrogen-bond acceptors (Lipinski definition) is 2. The quantitative estimate of drug-likeness (QED) is 0.751. The minimum atomic E-state index is 0.285. The molecule has 5 heteroatoms. The van der Waals surface area contributed by atoms with E-state index in [0.717, 1.165) is 30.8 Å². The average Bonchev–Trinajstić information content (AvgIpc) is 3.21. The van der Waals surface area contributed by atoms with E-state index >= 15 is 0 Å². The van der Waals surface area contributed by atoms with E-state index in [1.54, 1.807) is 0 Å². The summed E-state index contributed by atoms with van der Waals surface area (Å²) in [6.07, 6.45) is 7.97. The van der Waals surface area contributed by atoms with Crippen molar-refractivity contribution < 1.29 is 4.79 Å². The van der Waals surface area contributed by atoms with Gasteiger partial charge in [0.2, 0.25) is 5.91 Å². The molecule has 1 amide bonds. The van der Waals surface area contributed by atoms with Gasteiger partial charge in [0.05, 0.1) is 0 Å². The summed E-state index contributed by atoms with van der Waals surface area (Å²) >= 11 is 5.44. The smallest absolute Gasteiger partial charge is 0.223 e. The van der Waals surface area contributed by atoms with Gasteiger partial charge in [-0.3, -0.25) is 4.79 Å². The van der Waals surface area contributed by atoms with Gasteiger partial charge in [-0.2, -0.15) is 0 Å². The van der Waals surface area contributed by atoms with E-state index < -0.39 is 0 Å². The zero-order valence-electron chi connectivity index (χ0n) is 11.5. The van der Waals surface area contributed by atoms with Gasteiger partial charge in [-0.25, -0.2) is 0 Å². The molecule has 2 saturated heterocycles. The van der Waals surface area contributed by atoms with Crippen LogP contribution in [-0.2, 0) is 4.79 Å². The molecule has 4 nitrogen and oxygen atoms in total. The van der Waals surface area contributed by atoms with E-state index in [-0.39, 0.29) is 5.91 Å². The third kappa shape index (κ3) is 2.71. The second kappa shape index (κ2) is 5.27. The highest BCUT2D eigenvalue weighted by atomic mass is 32.1. The molecule has 1 aliphatic carbocycles. The molecule has 0 aromatic rings. The van der Waals surface area contributed by atoms with Crippen LogP contribution in [0, 0.1) is 5.92 Å². The number of amides is 1. The Hall–Kier alpha value is -0.840. The van der Waals surface area contributed by atoms with E-state index in [1.165, 1.54) is 19.3 Å². The Balaban J connectivity index is 1.63. The molecule has 0 spiro atoms. The molecule has 2 atom stereocenters. The monoisotopic (exact) mass is 281 g/mol. The van der Waals surface area contributed by atoms with Crippen LogP contribution in [0.15, 0.2) is 0 Å². The Bertz CT molecular complexity index is 369. The molecule has 3 aliphatic rings. The molecule has 0 radical (unpaired) electrons. The number of nitrogens with one attached hydrogen (secondary N) is 2. The fourth-order valence-electron chi connectivity index (χ4n) is 3.62. The summed E-state index contributed by atoms with van der Waals surface area (Å²) in [6.45, 7) is 0. The predicted octanol–water partition coefficient (Wildman–Crippen LogP) is 1.40. The largest absolute Gasteiger partial charge is 0.366 e. The Kier molecular flexibility index (Phi) is 3.65. The third-order valence-electron chi connectivity index (χ3n) is 4.72. The maximum atomic E-state index is 11.9. The summed E-state index contributed by atoms with van der Waals surface area (Å²) < 4.78 is 0.